The second-order valence-electron chi connectivity index (χ2n) is 5.88. The number of nitro benzene ring substituents is 1. The van der Waals surface area contributed by atoms with E-state index in [9.17, 15) is 14.9 Å². The fourth-order valence-electron chi connectivity index (χ4n) is 2.37. The molecule has 114 valence electrons. The van der Waals surface area contributed by atoms with Crippen molar-refractivity contribution in [2.75, 3.05) is 26.7 Å². The minimum atomic E-state index is -0.471. The Bertz CT molecular complexity index is 589. The van der Waals surface area contributed by atoms with Crippen LogP contribution in [0.4, 0.5) is 5.69 Å². The Morgan fingerprint density at radius 2 is 2.05 bits per heavy atom. The van der Waals surface area contributed by atoms with E-state index < -0.39 is 4.92 Å². The Labute approximate surface area is 137 Å². The Balaban J connectivity index is 2.28. The highest BCUT2D eigenvalue weighted by Crippen LogP contribution is 2.24. The molecule has 1 saturated heterocycles. The quantitative estimate of drug-likeness (QED) is 0.432. The summed E-state index contributed by atoms with van der Waals surface area (Å²) in [5.74, 6) is -0.135. The Morgan fingerprint density at radius 3 is 2.62 bits per heavy atom. The van der Waals surface area contributed by atoms with Crippen molar-refractivity contribution in [1.29, 1.82) is 0 Å². The van der Waals surface area contributed by atoms with Crippen LogP contribution in [0.5, 0.6) is 0 Å². The highest BCUT2D eigenvalue weighted by atomic mass is 127. The molecular weight excluding hydrogens is 385 g/mol. The first-order valence-electron chi connectivity index (χ1n) is 6.67. The first kappa shape index (κ1) is 16.2. The van der Waals surface area contributed by atoms with E-state index >= 15 is 0 Å². The van der Waals surface area contributed by atoms with E-state index in [2.05, 4.69) is 18.7 Å². The number of carbonyl (C=O) groups is 1. The summed E-state index contributed by atoms with van der Waals surface area (Å²) < 4.78 is 0.736. The van der Waals surface area contributed by atoms with Gasteiger partial charge in [-0.1, -0.05) is 0 Å². The van der Waals surface area contributed by atoms with E-state index in [-0.39, 0.29) is 17.1 Å². The predicted molar refractivity (Wildman–Crippen MR) is 88.4 cm³/mol. The molecule has 1 aromatic rings. The van der Waals surface area contributed by atoms with E-state index in [0.717, 1.165) is 10.1 Å². The maximum atomic E-state index is 12.7. The number of carbonyl (C=O) groups excluding carboxylic acids is 1. The molecule has 7 heteroatoms. The number of likely N-dealkylation sites (N-methyl/N-ethyl adjacent to an activating group) is 1. The van der Waals surface area contributed by atoms with Gasteiger partial charge in [-0.3, -0.25) is 19.8 Å². The number of piperazine rings is 1. The van der Waals surface area contributed by atoms with Crippen molar-refractivity contribution in [3.8, 4) is 0 Å². The average Bonchev–Trinajstić information content (AvgIpc) is 2.41. The van der Waals surface area contributed by atoms with Crippen LogP contribution in [0.3, 0.4) is 0 Å². The lowest BCUT2D eigenvalue weighted by atomic mass is 9.99. The van der Waals surface area contributed by atoms with Crippen LogP contribution in [-0.2, 0) is 0 Å². The van der Waals surface area contributed by atoms with Crippen LogP contribution >= 0.6 is 22.6 Å². The minimum absolute atomic E-state index is 0.0489. The largest absolute Gasteiger partial charge is 0.335 e. The summed E-state index contributed by atoms with van der Waals surface area (Å²) in [6.07, 6.45) is 0. The summed E-state index contributed by atoms with van der Waals surface area (Å²) >= 11 is 2.04. The summed E-state index contributed by atoms with van der Waals surface area (Å²) in [4.78, 5) is 27.1. The highest BCUT2D eigenvalue weighted by molar-refractivity contribution is 14.1. The van der Waals surface area contributed by atoms with Gasteiger partial charge < -0.3 is 4.90 Å². The van der Waals surface area contributed by atoms with Gasteiger partial charge in [0.2, 0.25) is 0 Å². The Kier molecular flexibility index (Phi) is 4.52. The van der Waals surface area contributed by atoms with E-state index in [1.54, 1.807) is 11.0 Å². The summed E-state index contributed by atoms with van der Waals surface area (Å²) in [6, 6.07) is 4.41. The number of rotatable bonds is 2. The molecule has 1 fully saturated rings. The molecule has 0 spiro atoms. The molecule has 1 aliphatic rings. The van der Waals surface area contributed by atoms with Gasteiger partial charge in [0.05, 0.1) is 10.5 Å². The Hall–Kier alpha value is -1.22. The van der Waals surface area contributed by atoms with Gasteiger partial charge in [-0.05, 0) is 49.6 Å². The topological polar surface area (TPSA) is 66.7 Å². The van der Waals surface area contributed by atoms with Crippen LogP contribution in [-0.4, -0.2) is 52.9 Å². The summed E-state index contributed by atoms with van der Waals surface area (Å²) in [6.45, 7) is 6.22. The first-order chi connectivity index (χ1) is 9.72. The molecule has 1 aliphatic heterocycles. The van der Waals surface area contributed by atoms with Crippen molar-refractivity contribution >= 4 is 34.2 Å². The van der Waals surface area contributed by atoms with E-state index in [1.807, 2.05) is 29.6 Å². The fraction of sp³-hybridized carbons (Fsp3) is 0.500. The smallest absolute Gasteiger partial charge is 0.270 e. The lowest BCUT2D eigenvalue weighted by molar-refractivity contribution is -0.384. The summed E-state index contributed by atoms with van der Waals surface area (Å²) in [5.41, 5.74) is 0.261. The molecule has 0 aliphatic carbocycles. The third-order valence-electron chi connectivity index (χ3n) is 3.99. The van der Waals surface area contributed by atoms with Crippen LogP contribution in [0.1, 0.15) is 24.2 Å². The Morgan fingerprint density at radius 1 is 1.38 bits per heavy atom. The van der Waals surface area contributed by atoms with Crippen LogP contribution in [0, 0.1) is 13.7 Å². The van der Waals surface area contributed by atoms with Gasteiger partial charge in [-0.25, -0.2) is 0 Å². The minimum Gasteiger partial charge on any atom is -0.335 e. The number of halogens is 1. The normalized spacial score (nSPS) is 18.6. The third kappa shape index (κ3) is 3.34. The maximum Gasteiger partial charge on any atom is 0.270 e. The van der Waals surface area contributed by atoms with Gasteiger partial charge >= 0.3 is 0 Å². The monoisotopic (exact) mass is 403 g/mol. The van der Waals surface area contributed by atoms with Crippen LogP contribution in [0.2, 0.25) is 0 Å². The van der Waals surface area contributed by atoms with Gasteiger partial charge in [0.25, 0.3) is 11.6 Å². The van der Waals surface area contributed by atoms with Crippen molar-refractivity contribution in [2.24, 2.45) is 0 Å². The lowest BCUT2D eigenvalue weighted by Crippen LogP contribution is -2.58. The molecule has 0 unspecified atom stereocenters. The van der Waals surface area contributed by atoms with Crippen LogP contribution in [0.25, 0.3) is 0 Å². The average molecular weight is 403 g/mol. The molecule has 0 N–H and O–H groups in total. The van der Waals surface area contributed by atoms with Gasteiger partial charge in [0.15, 0.2) is 0 Å². The van der Waals surface area contributed by atoms with E-state index in [1.165, 1.54) is 12.1 Å². The molecule has 1 amide bonds. The predicted octanol–water partition coefficient (Wildman–Crippen LogP) is 2.37. The number of non-ortho nitro benzene ring substituents is 1. The molecule has 0 saturated carbocycles. The number of amides is 1. The molecule has 6 nitrogen and oxygen atoms in total. The van der Waals surface area contributed by atoms with Crippen LogP contribution < -0.4 is 0 Å². The molecule has 1 aromatic carbocycles. The zero-order valence-corrected chi connectivity index (χ0v) is 14.5. The highest BCUT2D eigenvalue weighted by Gasteiger charge is 2.34. The summed E-state index contributed by atoms with van der Waals surface area (Å²) in [5, 5.41) is 10.9. The molecular formula is C14H18IN3O3. The number of hydrogen-bond acceptors (Lipinski definition) is 4. The van der Waals surface area contributed by atoms with Crippen molar-refractivity contribution in [2.45, 2.75) is 19.4 Å². The zero-order chi connectivity index (χ0) is 15.8. The van der Waals surface area contributed by atoms with E-state index in [4.69, 9.17) is 0 Å². The second-order valence-corrected chi connectivity index (χ2v) is 7.04. The molecule has 0 aromatic heterocycles. The van der Waals surface area contributed by atoms with Crippen molar-refractivity contribution < 1.29 is 9.72 Å². The second kappa shape index (κ2) is 5.88. The number of nitrogens with zero attached hydrogens (tertiary/aromatic N) is 3. The fourth-order valence-corrected chi connectivity index (χ4v) is 2.94. The molecule has 0 radical (unpaired) electrons. The zero-order valence-electron chi connectivity index (χ0n) is 12.3. The number of nitro groups is 1. The first-order valence-corrected chi connectivity index (χ1v) is 7.75. The van der Waals surface area contributed by atoms with Gasteiger partial charge in [-0.2, -0.15) is 0 Å². The molecule has 2 rings (SSSR count). The van der Waals surface area contributed by atoms with Gasteiger partial charge in [0, 0.05) is 40.9 Å². The standard InChI is InChI=1S/C14H18IN3O3/c1-14(2)9-17(7-6-16(14)3)13(19)11-8-10(18(20)21)4-5-12(11)15/h4-5,8H,6-7,9H2,1-3H3. The number of hydrogen-bond donors (Lipinski definition) is 0. The molecule has 1 heterocycles. The number of benzene rings is 1. The summed E-state index contributed by atoms with van der Waals surface area (Å²) in [7, 11) is 2.04. The van der Waals surface area contributed by atoms with Crippen molar-refractivity contribution in [1.82, 2.24) is 9.80 Å². The molecule has 0 bridgehead atoms. The molecule has 21 heavy (non-hydrogen) atoms. The maximum absolute atomic E-state index is 12.7. The van der Waals surface area contributed by atoms with Crippen LogP contribution in [0.15, 0.2) is 18.2 Å². The van der Waals surface area contributed by atoms with Crippen molar-refractivity contribution in [3.05, 3.63) is 37.4 Å². The third-order valence-corrected chi connectivity index (χ3v) is 4.94. The lowest BCUT2D eigenvalue weighted by Gasteiger charge is -2.45. The van der Waals surface area contributed by atoms with Crippen molar-refractivity contribution in [3.63, 3.8) is 0 Å². The van der Waals surface area contributed by atoms with Gasteiger partial charge in [0.1, 0.15) is 0 Å². The van der Waals surface area contributed by atoms with E-state index in [0.29, 0.717) is 18.7 Å². The molecule has 0 atom stereocenters. The van der Waals surface area contributed by atoms with Gasteiger partial charge in [-0.15, -0.1) is 0 Å². The SMILES string of the molecule is CN1CCN(C(=O)c2cc([N+](=O)[O-])ccc2I)CC1(C)C.